The standard InChI is InChI=1S/C12H16N2O2S2/c1-14(7-4-5-17-6-7)12-13-10-8(11(15)16)2-3-9(10)18-12/h7-8H,2-6H2,1H3,(H,15,16). The first kappa shape index (κ1) is 12.3. The predicted octanol–water partition coefficient (Wildman–Crippen LogP) is 2.20. The number of aryl methyl sites for hydroxylation is 1. The predicted molar refractivity (Wildman–Crippen MR) is 74.9 cm³/mol. The molecule has 0 amide bonds. The molecule has 2 heterocycles. The van der Waals surface area contributed by atoms with Crippen molar-refractivity contribution >= 4 is 34.2 Å². The zero-order chi connectivity index (χ0) is 12.7. The Balaban J connectivity index is 1.83. The molecular weight excluding hydrogens is 268 g/mol. The van der Waals surface area contributed by atoms with Crippen molar-refractivity contribution in [2.75, 3.05) is 23.5 Å². The van der Waals surface area contributed by atoms with Gasteiger partial charge in [0.25, 0.3) is 0 Å². The van der Waals surface area contributed by atoms with Crippen molar-refractivity contribution in [3.05, 3.63) is 10.6 Å². The van der Waals surface area contributed by atoms with Crippen LogP contribution in [0.2, 0.25) is 0 Å². The minimum absolute atomic E-state index is 0.378. The molecule has 2 unspecified atom stereocenters. The first-order valence-corrected chi connectivity index (χ1v) is 8.17. The van der Waals surface area contributed by atoms with Gasteiger partial charge in [-0.2, -0.15) is 11.8 Å². The van der Waals surface area contributed by atoms with Crippen LogP contribution in [-0.4, -0.2) is 40.7 Å². The number of nitrogens with zero attached hydrogens (tertiary/aromatic N) is 2. The molecule has 18 heavy (non-hydrogen) atoms. The first-order chi connectivity index (χ1) is 8.66. The van der Waals surface area contributed by atoms with Crippen LogP contribution in [0.4, 0.5) is 5.13 Å². The van der Waals surface area contributed by atoms with Crippen LogP contribution in [0.15, 0.2) is 0 Å². The van der Waals surface area contributed by atoms with E-state index in [1.54, 1.807) is 11.3 Å². The maximum absolute atomic E-state index is 11.1. The number of carbonyl (C=O) groups is 1. The summed E-state index contributed by atoms with van der Waals surface area (Å²) in [6, 6.07) is 0.560. The summed E-state index contributed by atoms with van der Waals surface area (Å²) >= 11 is 3.66. The zero-order valence-corrected chi connectivity index (χ0v) is 11.9. The molecule has 1 N–H and O–H groups in total. The van der Waals surface area contributed by atoms with Crippen LogP contribution < -0.4 is 4.90 Å². The largest absolute Gasteiger partial charge is 0.481 e. The SMILES string of the molecule is CN(c1nc2c(s1)CCC2C(=O)O)C1CCSC1. The quantitative estimate of drug-likeness (QED) is 0.922. The van der Waals surface area contributed by atoms with Gasteiger partial charge in [0, 0.05) is 23.7 Å². The molecule has 2 aliphatic rings. The zero-order valence-electron chi connectivity index (χ0n) is 10.3. The lowest BCUT2D eigenvalue weighted by Gasteiger charge is -2.22. The number of hydrogen-bond acceptors (Lipinski definition) is 5. The molecule has 1 saturated heterocycles. The third-order valence-electron chi connectivity index (χ3n) is 3.76. The van der Waals surface area contributed by atoms with Crippen molar-refractivity contribution in [3.63, 3.8) is 0 Å². The number of rotatable bonds is 3. The molecule has 0 radical (unpaired) electrons. The fourth-order valence-corrected chi connectivity index (χ4v) is 5.03. The monoisotopic (exact) mass is 284 g/mol. The van der Waals surface area contributed by atoms with Gasteiger partial charge in [-0.3, -0.25) is 4.79 Å². The van der Waals surface area contributed by atoms with E-state index in [0.29, 0.717) is 12.5 Å². The second-order valence-corrected chi connectivity index (χ2v) is 7.07. The van der Waals surface area contributed by atoms with E-state index in [-0.39, 0.29) is 5.92 Å². The van der Waals surface area contributed by atoms with Gasteiger partial charge < -0.3 is 10.0 Å². The number of carboxylic acids is 1. The van der Waals surface area contributed by atoms with E-state index in [1.165, 1.54) is 17.1 Å². The van der Waals surface area contributed by atoms with Gasteiger partial charge in [0.1, 0.15) is 5.92 Å². The van der Waals surface area contributed by atoms with Crippen molar-refractivity contribution in [2.24, 2.45) is 0 Å². The Morgan fingerprint density at radius 3 is 3.00 bits per heavy atom. The first-order valence-electron chi connectivity index (χ1n) is 6.20. The Morgan fingerprint density at radius 1 is 1.50 bits per heavy atom. The summed E-state index contributed by atoms with van der Waals surface area (Å²) in [6.45, 7) is 0. The molecule has 1 fully saturated rings. The third kappa shape index (κ3) is 2.01. The highest BCUT2D eigenvalue weighted by atomic mass is 32.2. The molecule has 1 aromatic heterocycles. The topological polar surface area (TPSA) is 53.4 Å². The van der Waals surface area contributed by atoms with Crippen molar-refractivity contribution < 1.29 is 9.90 Å². The molecule has 2 atom stereocenters. The Hall–Kier alpha value is -0.750. The Kier molecular flexibility index (Phi) is 3.23. The third-order valence-corrected chi connectivity index (χ3v) is 6.13. The van der Waals surface area contributed by atoms with Crippen molar-refractivity contribution in [1.29, 1.82) is 0 Å². The van der Waals surface area contributed by atoms with Crippen LogP contribution in [0.5, 0.6) is 0 Å². The average molecular weight is 284 g/mol. The van der Waals surface area contributed by atoms with Crippen LogP contribution in [0.25, 0.3) is 0 Å². The Labute approximate surface area is 114 Å². The van der Waals surface area contributed by atoms with Gasteiger partial charge in [-0.15, -0.1) is 11.3 Å². The summed E-state index contributed by atoms with van der Waals surface area (Å²) in [5.74, 6) is 1.27. The number of carboxylic acid groups (broad SMARTS) is 1. The molecule has 0 bridgehead atoms. The van der Waals surface area contributed by atoms with E-state index >= 15 is 0 Å². The highest BCUT2D eigenvalue weighted by Gasteiger charge is 2.33. The number of anilines is 1. The number of thiazole rings is 1. The number of hydrogen-bond donors (Lipinski definition) is 1. The highest BCUT2D eigenvalue weighted by molar-refractivity contribution is 7.99. The fraction of sp³-hybridized carbons (Fsp3) is 0.667. The van der Waals surface area contributed by atoms with Gasteiger partial charge in [-0.25, -0.2) is 4.98 Å². The van der Waals surface area contributed by atoms with Gasteiger partial charge >= 0.3 is 5.97 Å². The molecule has 3 rings (SSSR count). The lowest BCUT2D eigenvalue weighted by Crippen LogP contribution is -2.31. The summed E-state index contributed by atoms with van der Waals surface area (Å²) in [5.41, 5.74) is 0.819. The minimum Gasteiger partial charge on any atom is -0.481 e. The second-order valence-electron chi connectivity index (χ2n) is 4.86. The lowest BCUT2D eigenvalue weighted by atomic mass is 10.1. The number of fused-ring (bicyclic) bond motifs is 1. The maximum Gasteiger partial charge on any atom is 0.312 e. The number of aromatic nitrogens is 1. The lowest BCUT2D eigenvalue weighted by molar-refractivity contribution is -0.138. The second kappa shape index (κ2) is 4.74. The van der Waals surface area contributed by atoms with E-state index in [9.17, 15) is 4.79 Å². The van der Waals surface area contributed by atoms with Crippen molar-refractivity contribution in [2.45, 2.75) is 31.2 Å². The van der Waals surface area contributed by atoms with Crippen LogP contribution in [-0.2, 0) is 11.2 Å². The van der Waals surface area contributed by atoms with Crippen LogP contribution >= 0.6 is 23.1 Å². The summed E-state index contributed by atoms with van der Waals surface area (Å²) < 4.78 is 0. The average Bonchev–Trinajstić information content (AvgIpc) is 3.03. The molecule has 4 nitrogen and oxygen atoms in total. The van der Waals surface area contributed by atoms with Gasteiger partial charge in [-0.1, -0.05) is 0 Å². The normalized spacial score (nSPS) is 26.3. The molecule has 6 heteroatoms. The summed E-state index contributed by atoms with van der Waals surface area (Å²) in [5, 5.41) is 10.2. The molecule has 1 aliphatic carbocycles. The maximum atomic E-state index is 11.1. The van der Waals surface area contributed by atoms with Gasteiger partial charge in [-0.05, 0) is 25.0 Å². The highest BCUT2D eigenvalue weighted by Crippen LogP contribution is 2.40. The van der Waals surface area contributed by atoms with Gasteiger partial charge in [0.15, 0.2) is 5.13 Å². The van der Waals surface area contributed by atoms with E-state index in [0.717, 1.165) is 23.0 Å². The number of aliphatic carboxylic acids is 1. The molecule has 0 spiro atoms. The number of thioether (sulfide) groups is 1. The molecule has 1 aromatic rings. The van der Waals surface area contributed by atoms with E-state index in [2.05, 4.69) is 16.9 Å². The summed E-state index contributed by atoms with van der Waals surface area (Å²) in [7, 11) is 2.08. The van der Waals surface area contributed by atoms with Gasteiger partial charge in [0.05, 0.1) is 5.69 Å². The molecule has 0 aromatic carbocycles. The fourth-order valence-electron chi connectivity index (χ4n) is 2.59. The Morgan fingerprint density at radius 2 is 2.33 bits per heavy atom. The molecule has 1 aliphatic heterocycles. The summed E-state index contributed by atoms with van der Waals surface area (Å²) in [4.78, 5) is 19.2. The van der Waals surface area contributed by atoms with Crippen LogP contribution in [0.1, 0.15) is 29.3 Å². The van der Waals surface area contributed by atoms with Crippen molar-refractivity contribution in [1.82, 2.24) is 4.98 Å². The molecule has 98 valence electrons. The minimum atomic E-state index is -0.732. The smallest absolute Gasteiger partial charge is 0.312 e. The van der Waals surface area contributed by atoms with E-state index in [1.807, 2.05) is 11.8 Å². The van der Waals surface area contributed by atoms with Gasteiger partial charge in [0.2, 0.25) is 0 Å². The Bertz CT molecular complexity index is 469. The van der Waals surface area contributed by atoms with E-state index < -0.39 is 5.97 Å². The van der Waals surface area contributed by atoms with Crippen LogP contribution in [0, 0.1) is 0 Å². The summed E-state index contributed by atoms with van der Waals surface area (Å²) in [6.07, 6.45) is 2.79. The molecule has 0 saturated carbocycles. The van der Waals surface area contributed by atoms with E-state index in [4.69, 9.17) is 5.11 Å². The molecular formula is C12H16N2O2S2. The van der Waals surface area contributed by atoms with Crippen molar-refractivity contribution in [3.8, 4) is 0 Å². The van der Waals surface area contributed by atoms with Crippen LogP contribution in [0.3, 0.4) is 0 Å².